The summed E-state index contributed by atoms with van der Waals surface area (Å²) in [6.45, 7) is 1.15. The van der Waals surface area contributed by atoms with Crippen LogP contribution in [0, 0.1) is 5.82 Å². The van der Waals surface area contributed by atoms with Gasteiger partial charge in [-0.3, -0.25) is 4.79 Å². The van der Waals surface area contributed by atoms with Crippen LogP contribution in [0.5, 0.6) is 0 Å². The third kappa shape index (κ3) is 3.51. The fourth-order valence-corrected chi connectivity index (χ4v) is 1.31. The Labute approximate surface area is 93.8 Å². The van der Waals surface area contributed by atoms with Crippen LogP contribution in [-0.4, -0.2) is 19.0 Å². The van der Waals surface area contributed by atoms with E-state index < -0.39 is 5.82 Å². The first-order valence-corrected chi connectivity index (χ1v) is 5.18. The Balaban J connectivity index is 2.53. The summed E-state index contributed by atoms with van der Waals surface area (Å²) in [5.74, 6) is -0.730. The van der Waals surface area contributed by atoms with Gasteiger partial charge in [0.05, 0.1) is 5.56 Å². The molecule has 4 nitrogen and oxygen atoms in total. The summed E-state index contributed by atoms with van der Waals surface area (Å²) in [5, 5.41) is 2.70. The van der Waals surface area contributed by atoms with E-state index in [2.05, 4.69) is 5.32 Å². The molecular weight excluding hydrogens is 209 g/mol. The molecule has 0 saturated heterocycles. The second kappa shape index (κ2) is 6.07. The zero-order valence-corrected chi connectivity index (χ0v) is 9.00. The number of nitrogen functional groups attached to an aromatic ring is 1. The highest BCUT2D eigenvalue weighted by Crippen LogP contribution is 2.12. The topological polar surface area (TPSA) is 81.1 Å². The molecule has 0 atom stereocenters. The van der Waals surface area contributed by atoms with Crippen LogP contribution in [0.4, 0.5) is 10.1 Å². The van der Waals surface area contributed by atoms with Crippen LogP contribution in [0.3, 0.4) is 0 Å². The van der Waals surface area contributed by atoms with Gasteiger partial charge in [0.25, 0.3) is 5.91 Å². The fourth-order valence-electron chi connectivity index (χ4n) is 1.31. The lowest BCUT2D eigenvalue weighted by atomic mass is 10.1. The number of hydrogen-bond donors (Lipinski definition) is 3. The van der Waals surface area contributed by atoms with Gasteiger partial charge in [0.1, 0.15) is 5.82 Å². The van der Waals surface area contributed by atoms with Gasteiger partial charge in [-0.1, -0.05) is 0 Å². The predicted octanol–water partition coefficient (Wildman–Crippen LogP) is 0.877. The van der Waals surface area contributed by atoms with E-state index in [4.69, 9.17) is 11.5 Å². The Morgan fingerprint density at radius 3 is 2.75 bits per heavy atom. The quantitative estimate of drug-likeness (QED) is 0.514. The summed E-state index contributed by atoms with van der Waals surface area (Å²) >= 11 is 0. The van der Waals surface area contributed by atoms with Gasteiger partial charge < -0.3 is 16.8 Å². The lowest BCUT2D eigenvalue weighted by molar-refractivity contribution is 0.0954. The van der Waals surface area contributed by atoms with Crippen molar-refractivity contribution in [3.8, 4) is 0 Å². The van der Waals surface area contributed by atoms with Crippen molar-refractivity contribution in [3.63, 3.8) is 0 Å². The molecule has 0 aliphatic rings. The molecule has 16 heavy (non-hydrogen) atoms. The fraction of sp³-hybridized carbons (Fsp3) is 0.364. The number of carbonyl (C=O) groups is 1. The molecule has 0 heterocycles. The molecule has 0 aliphatic carbocycles. The number of hydrogen-bond acceptors (Lipinski definition) is 3. The Bertz CT molecular complexity index is 368. The molecule has 0 radical (unpaired) electrons. The van der Waals surface area contributed by atoms with Gasteiger partial charge in [0, 0.05) is 12.2 Å². The van der Waals surface area contributed by atoms with E-state index in [0.717, 1.165) is 18.9 Å². The summed E-state index contributed by atoms with van der Waals surface area (Å²) in [6, 6.07) is 3.73. The van der Waals surface area contributed by atoms with Gasteiger partial charge in [-0.15, -0.1) is 0 Å². The SMILES string of the molecule is NCCCCNC(=O)c1ccc(F)cc1N. The van der Waals surface area contributed by atoms with E-state index in [0.29, 0.717) is 18.7 Å². The minimum absolute atomic E-state index is 0.149. The summed E-state index contributed by atoms with van der Waals surface area (Å²) in [5.41, 5.74) is 11.3. The van der Waals surface area contributed by atoms with E-state index in [9.17, 15) is 9.18 Å². The molecule has 0 bridgehead atoms. The molecule has 0 saturated carbocycles. The van der Waals surface area contributed by atoms with Crippen molar-refractivity contribution in [2.75, 3.05) is 18.8 Å². The smallest absolute Gasteiger partial charge is 0.253 e. The normalized spacial score (nSPS) is 10.1. The molecule has 5 N–H and O–H groups in total. The Morgan fingerprint density at radius 1 is 1.38 bits per heavy atom. The van der Waals surface area contributed by atoms with E-state index in [1.54, 1.807) is 0 Å². The van der Waals surface area contributed by atoms with E-state index >= 15 is 0 Å². The summed E-state index contributed by atoms with van der Waals surface area (Å²) in [4.78, 5) is 11.6. The lowest BCUT2D eigenvalue weighted by Gasteiger charge is -2.07. The molecule has 5 heteroatoms. The van der Waals surface area contributed by atoms with Gasteiger partial charge in [-0.25, -0.2) is 4.39 Å². The van der Waals surface area contributed by atoms with Crippen LogP contribution in [0.25, 0.3) is 0 Å². The molecule has 1 aromatic rings. The van der Waals surface area contributed by atoms with Crippen LogP contribution < -0.4 is 16.8 Å². The average molecular weight is 225 g/mol. The van der Waals surface area contributed by atoms with Gasteiger partial charge in [-0.2, -0.15) is 0 Å². The third-order valence-electron chi connectivity index (χ3n) is 2.17. The Kier molecular flexibility index (Phi) is 4.72. The number of nitrogens with two attached hydrogens (primary N) is 2. The maximum Gasteiger partial charge on any atom is 0.253 e. The minimum atomic E-state index is -0.447. The second-order valence-corrected chi connectivity index (χ2v) is 3.48. The molecule has 1 amide bonds. The second-order valence-electron chi connectivity index (χ2n) is 3.48. The van der Waals surface area contributed by atoms with Crippen molar-refractivity contribution in [2.45, 2.75) is 12.8 Å². The highest BCUT2D eigenvalue weighted by Gasteiger charge is 2.09. The van der Waals surface area contributed by atoms with Crippen molar-refractivity contribution in [2.24, 2.45) is 5.73 Å². The third-order valence-corrected chi connectivity index (χ3v) is 2.17. The molecule has 0 fully saturated rings. The van der Waals surface area contributed by atoms with E-state index in [-0.39, 0.29) is 11.6 Å². The van der Waals surface area contributed by atoms with Gasteiger partial charge in [0.2, 0.25) is 0 Å². The number of unbranched alkanes of at least 4 members (excludes halogenated alkanes) is 1. The predicted molar refractivity (Wildman–Crippen MR) is 61.4 cm³/mol. The number of nitrogens with one attached hydrogen (secondary N) is 1. The molecule has 0 aromatic heterocycles. The molecule has 88 valence electrons. The number of carbonyl (C=O) groups excluding carboxylic acids is 1. The highest BCUT2D eigenvalue weighted by molar-refractivity contribution is 5.99. The van der Waals surface area contributed by atoms with Crippen LogP contribution in [-0.2, 0) is 0 Å². The standard InChI is InChI=1S/C11H16FN3O/c12-8-3-4-9(10(14)7-8)11(16)15-6-2-1-5-13/h3-4,7H,1-2,5-6,13-14H2,(H,15,16). The molecule has 0 unspecified atom stereocenters. The van der Waals surface area contributed by atoms with Crippen molar-refractivity contribution in [1.29, 1.82) is 0 Å². The maximum atomic E-state index is 12.7. The maximum absolute atomic E-state index is 12.7. The Hall–Kier alpha value is -1.62. The lowest BCUT2D eigenvalue weighted by Crippen LogP contribution is -2.25. The monoisotopic (exact) mass is 225 g/mol. The van der Waals surface area contributed by atoms with Crippen molar-refractivity contribution in [1.82, 2.24) is 5.32 Å². The average Bonchev–Trinajstić information content (AvgIpc) is 2.24. The number of benzene rings is 1. The number of amides is 1. The summed E-state index contributed by atoms with van der Waals surface area (Å²) in [6.07, 6.45) is 1.68. The van der Waals surface area contributed by atoms with Crippen LogP contribution in [0.15, 0.2) is 18.2 Å². The number of halogens is 1. The van der Waals surface area contributed by atoms with Crippen LogP contribution >= 0.6 is 0 Å². The zero-order chi connectivity index (χ0) is 12.0. The minimum Gasteiger partial charge on any atom is -0.398 e. The van der Waals surface area contributed by atoms with Crippen LogP contribution in [0.1, 0.15) is 23.2 Å². The number of rotatable bonds is 5. The van der Waals surface area contributed by atoms with Crippen LogP contribution in [0.2, 0.25) is 0 Å². The molecule has 1 aromatic carbocycles. The first-order chi connectivity index (χ1) is 7.65. The summed E-state index contributed by atoms with van der Waals surface area (Å²) < 4.78 is 12.7. The zero-order valence-electron chi connectivity index (χ0n) is 9.00. The number of anilines is 1. The van der Waals surface area contributed by atoms with Crippen molar-refractivity contribution < 1.29 is 9.18 Å². The first-order valence-electron chi connectivity index (χ1n) is 5.18. The molecular formula is C11H16FN3O. The molecule has 0 aliphatic heterocycles. The van der Waals surface area contributed by atoms with Gasteiger partial charge >= 0.3 is 0 Å². The Morgan fingerprint density at radius 2 is 2.12 bits per heavy atom. The first kappa shape index (κ1) is 12.4. The van der Waals surface area contributed by atoms with E-state index in [1.807, 2.05) is 0 Å². The largest absolute Gasteiger partial charge is 0.398 e. The van der Waals surface area contributed by atoms with Gasteiger partial charge in [-0.05, 0) is 37.6 Å². The summed E-state index contributed by atoms with van der Waals surface area (Å²) in [7, 11) is 0. The van der Waals surface area contributed by atoms with Crippen molar-refractivity contribution in [3.05, 3.63) is 29.6 Å². The van der Waals surface area contributed by atoms with E-state index in [1.165, 1.54) is 12.1 Å². The molecule has 0 spiro atoms. The highest BCUT2D eigenvalue weighted by atomic mass is 19.1. The van der Waals surface area contributed by atoms with Gasteiger partial charge in [0.15, 0.2) is 0 Å². The van der Waals surface area contributed by atoms with Crippen molar-refractivity contribution >= 4 is 11.6 Å². The molecule has 1 rings (SSSR count).